The number of carbonyl (C=O) groups is 2. The first-order chi connectivity index (χ1) is 15.9. The fourth-order valence-electron chi connectivity index (χ4n) is 3.38. The molecule has 0 saturated carbocycles. The fraction of sp³-hybridized carbons (Fsp3) is 0.632. The van der Waals surface area contributed by atoms with E-state index in [0.717, 1.165) is 24.7 Å². The summed E-state index contributed by atoms with van der Waals surface area (Å²) in [4.78, 5) is 46.0. The van der Waals surface area contributed by atoms with Crippen LogP contribution < -0.4 is 10.9 Å². The largest absolute Gasteiger partial charge is 0.523 e. The molecule has 2 aromatic heterocycles. The minimum atomic E-state index is -5.13. The summed E-state index contributed by atoms with van der Waals surface area (Å²) < 4.78 is 60.8. The number of aromatic amines is 1. The first kappa shape index (κ1) is 25.4. The molecule has 2 N–H and O–H groups in total. The van der Waals surface area contributed by atoms with E-state index in [1.165, 1.54) is 0 Å². The van der Waals surface area contributed by atoms with Crippen LogP contribution >= 0.6 is 0 Å². The van der Waals surface area contributed by atoms with E-state index in [9.17, 15) is 27.6 Å². The number of nitrogens with one attached hydrogen (secondary N) is 2. The van der Waals surface area contributed by atoms with Crippen molar-refractivity contribution in [2.45, 2.75) is 58.6 Å². The van der Waals surface area contributed by atoms with Crippen molar-refractivity contribution in [1.29, 1.82) is 0 Å². The van der Waals surface area contributed by atoms with Gasteiger partial charge in [0.15, 0.2) is 29.6 Å². The fourth-order valence-corrected chi connectivity index (χ4v) is 3.38. The van der Waals surface area contributed by atoms with Crippen LogP contribution in [0.1, 0.15) is 33.9 Å². The summed E-state index contributed by atoms with van der Waals surface area (Å²) in [6.45, 7) is 5.91. The van der Waals surface area contributed by atoms with Crippen LogP contribution in [0, 0.1) is 5.92 Å². The lowest BCUT2D eigenvalue weighted by Gasteiger charge is -2.25. The number of ether oxygens (including phenoxy) is 4. The van der Waals surface area contributed by atoms with Crippen molar-refractivity contribution in [3.8, 4) is 0 Å². The number of nitrogens with zero attached hydrogens (tertiary/aromatic N) is 3. The molecule has 34 heavy (non-hydrogen) atoms. The number of esters is 2. The standard InChI is InChI=1S/C19H24F3N5O7/c1-8(2)5-23-18-25-15-12(16(30)26-18)24-7-27(15)17-14(34-19(20,21)22)13(32-10(4)29)11(33-17)6-31-9(3)28/h7-8,11,13-14,17H,5-6H2,1-4H3,(H2,23,25,26,30)/t11-,13+,14?,17-/m1/s1. The van der Waals surface area contributed by atoms with Gasteiger partial charge in [0.25, 0.3) is 5.56 Å². The summed E-state index contributed by atoms with van der Waals surface area (Å²) in [6, 6.07) is 0. The van der Waals surface area contributed by atoms with E-state index in [-0.39, 0.29) is 23.0 Å². The van der Waals surface area contributed by atoms with Gasteiger partial charge in [0.05, 0.1) is 6.33 Å². The van der Waals surface area contributed by atoms with Crippen LogP contribution in [0.3, 0.4) is 0 Å². The third kappa shape index (κ3) is 6.02. The zero-order chi connectivity index (χ0) is 25.2. The van der Waals surface area contributed by atoms with Gasteiger partial charge in [-0.15, -0.1) is 13.2 Å². The molecule has 0 amide bonds. The highest BCUT2D eigenvalue weighted by molar-refractivity contribution is 5.71. The molecule has 0 aliphatic carbocycles. The number of hydrogen-bond donors (Lipinski definition) is 2. The number of H-pyrrole nitrogens is 1. The highest BCUT2D eigenvalue weighted by Crippen LogP contribution is 2.38. The molecule has 1 aliphatic heterocycles. The number of fused-ring (bicyclic) bond motifs is 1. The second kappa shape index (κ2) is 9.97. The lowest BCUT2D eigenvalue weighted by Crippen LogP contribution is -2.42. The number of carbonyl (C=O) groups excluding carboxylic acids is 2. The van der Waals surface area contributed by atoms with Crippen molar-refractivity contribution in [1.82, 2.24) is 19.5 Å². The van der Waals surface area contributed by atoms with Gasteiger partial charge in [0.2, 0.25) is 5.95 Å². The predicted octanol–water partition coefficient (Wildman–Crippen LogP) is 1.48. The Hall–Kier alpha value is -3.20. The summed E-state index contributed by atoms with van der Waals surface area (Å²) in [5.41, 5.74) is -0.878. The third-order valence-electron chi connectivity index (χ3n) is 4.69. The van der Waals surface area contributed by atoms with E-state index in [2.05, 4.69) is 25.0 Å². The van der Waals surface area contributed by atoms with E-state index in [4.69, 9.17) is 14.2 Å². The summed E-state index contributed by atoms with van der Waals surface area (Å²) in [5.74, 6) is -1.33. The van der Waals surface area contributed by atoms with Crippen LogP contribution in [0.25, 0.3) is 11.2 Å². The Labute approximate surface area is 190 Å². The first-order valence-corrected chi connectivity index (χ1v) is 10.3. The van der Waals surface area contributed by atoms with Crippen LogP contribution in [-0.2, 0) is 28.5 Å². The first-order valence-electron chi connectivity index (χ1n) is 10.3. The second-order valence-electron chi connectivity index (χ2n) is 7.98. The third-order valence-corrected chi connectivity index (χ3v) is 4.69. The zero-order valence-corrected chi connectivity index (χ0v) is 18.7. The molecule has 12 nitrogen and oxygen atoms in total. The van der Waals surface area contributed by atoms with Crippen molar-refractivity contribution >= 4 is 29.1 Å². The molecule has 1 unspecified atom stereocenters. The topological polar surface area (TPSA) is 147 Å². The van der Waals surface area contributed by atoms with Crippen LogP contribution in [0.15, 0.2) is 11.1 Å². The van der Waals surface area contributed by atoms with E-state index in [1.54, 1.807) is 0 Å². The lowest BCUT2D eigenvalue weighted by atomic mass is 10.1. The average molecular weight is 491 g/mol. The Balaban J connectivity index is 2.05. The number of halogens is 3. The molecule has 4 atom stereocenters. The van der Waals surface area contributed by atoms with Gasteiger partial charge < -0.3 is 19.5 Å². The minimum Gasteiger partial charge on any atom is -0.463 e. The van der Waals surface area contributed by atoms with Crippen LogP contribution in [0.5, 0.6) is 0 Å². The van der Waals surface area contributed by atoms with Crippen LogP contribution in [-0.4, -0.2) is 69.3 Å². The van der Waals surface area contributed by atoms with Crippen molar-refractivity contribution < 1.29 is 41.7 Å². The lowest BCUT2D eigenvalue weighted by molar-refractivity contribution is -0.355. The van der Waals surface area contributed by atoms with Gasteiger partial charge >= 0.3 is 18.3 Å². The molecule has 1 fully saturated rings. The Morgan fingerprint density at radius 3 is 2.56 bits per heavy atom. The Morgan fingerprint density at radius 2 is 1.97 bits per heavy atom. The molecule has 0 spiro atoms. The van der Waals surface area contributed by atoms with Crippen molar-refractivity contribution in [2.24, 2.45) is 5.92 Å². The van der Waals surface area contributed by atoms with E-state index >= 15 is 0 Å². The molecular weight excluding hydrogens is 467 g/mol. The Morgan fingerprint density at radius 1 is 1.26 bits per heavy atom. The van der Waals surface area contributed by atoms with Crippen LogP contribution in [0.4, 0.5) is 19.1 Å². The molecule has 3 rings (SSSR count). The monoisotopic (exact) mass is 491 g/mol. The van der Waals surface area contributed by atoms with E-state index < -0.39 is 55.0 Å². The van der Waals surface area contributed by atoms with E-state index in [1.807, 2.05) is 13.8 Å². The number of imidazole rings is 1. The van der Waals surface area contributed by atoms with Gasteiger partial charge in [0.1, 0.15) is 12.7 Å². The molecule has 0 aromatic carbocycles. The van der Waals surface area contributed by atoms with Gasteiger partial charge in [-0.05, 0) is 5.92 Å². The van der Waals surface area contributed by atoms with Gasteiger partial charge in [-0.2, -0.15) is 4.98 Å². The number of anilines is 1. The summed E-state index contributed by atoms with van der Waals surface area (Å²) in [7, 11) is 0. The molecule has 1 saturated heterocycles. The van der Waals surface area contributed by atoms with Gasteiger partial charge in [0, 0.05) is 20.4 Å². The second-order valence-corrected chi connectivity index (χ2v) is 7.98. The van der Waals surface area contributed by atoms with E-state index in [0.29, 0.717) is 6.54 Å². The maximum Gasteiger partial charge on any atom is 0.523 e. The van der Waals surface area contributed by atoms with Crippen molar-refractivity contribution in [3.63, 3.8) is 0 Å². The highest BCUT2D eigenvalue weighted by Gasteiger charge is 2.53. The predicted molar refractivity (Wildman–Crippen MR) is 109 cm³/mol. The molecule has 3 heterocycles. The molecule has 15 heteroatoms. The number of aromatic nitrogens is 4. The molecule has 0 radical (unpaired) electrons. The maximum absolute atomic E-state index is 13.3. The minimum absolute atomic E-state index is 0.0761. The Bertz CT molecular complexity index is 1100. The Kier molecular flexibility index (Phi) is 7.45. The molecular formula is C19H24F3N5O7. The summed E-state index contributed by atoms with van der Waals surface area (Å²) in [5, 5.41) is 2.92. The molecule has 1 aliphatic rings. The quantitative estimate of drug-likeness (QED) is 0.521. The van der Waals surface area contributed by atoms with Crippen LogP contribution in [0.2, 0.25) is 0 Å². The average Bonchev–Trinajstić information content (AvgIpc) is 3.25. The van der Waals surface area contributed by atoms with Gasteiger partial charge in [-0.25, -0.2) is 4.98 Å². The molecule has 0 bridgehead atoms. The van der Waals surface area contributed by atoms with Crippen molar-refractivity contribution in [3.05, 3.63) is 16.7 Å². The highest BCUT2D eigenvalue weighted by atomic mass is 19.4. The maximum atomic E-state index is 13.3. The number of rotatable bonds is 8. The van der Waals surface area contributed by atoms with Crippen molar-refractivity contribution in [2.75, 3.05) is 18.5 Å². The summed E-state index contributed by atoms with van der Waals surface area (Å²) >= 11 is 0. The number of hydrogen-bond acceptors (Lipinski definition) is 10. The zero-order valence-electron chi connectivity index (χ0n) is 18.7. The summed E-state index contributed by atoms with van der Waals surface area (Å²) in [6.07, 6.45) is -10.5. The smallest absolute Gasteiger partial charge is 0.463 e. The number of alkyl halides is 3. The van der Waals surface area contributed by atoms with Gasteiger partial charge in [-0.1, -0.05) is 13.8 Å². The molecule has 188 valence electrons. The SMILES string of the molecule is CC(=O)OC[C@H]1O[C@@H](n2cnc3c(=O)[nH]c(NCC(C)C)nc32)C(OC(F)(F)F)[C@H]1OC(C)=O. The van der Waals surface area contributed by atoms with Gasteiger partial charge in [-0.3, -0.25) is 28.7 Å². The molecule has 2 aromatic rings. The normalized spacial score (nSPS) is 22.8.